The van der Waals surface area contributed by atoms with Crippen molar-refractivity contribution < 1.29 is 9.53 Å². The van der Waals surface area contributed by atoms with Crippen molar-refractivity contribution in [2.45, 2.75) is 25.5 Å². The summed E-state index contributed by atoms with van der Waals surface area (Å²) in [5, 5.41) is 6.56. The van der Waals surface area contributed by atoms with E-state index in [-0.39, 0.29) is 12.0 Å². The number of rotatable bonds is 6. The average molecular weight is 347 g/mol. The number of benzene rings is 1. The third kappa shape index (κ3) is 4.43. The van der Waals surface area contributed by atoms with Gasteiger partial charge in [-0.1, -0.05) is 29.8 Å². The lowest BCUT2D eigenvalue weighted by Gasteiger charge is -2.10. The van der Waals surface area contributed by atoms with Crippen LogP contribution in [-0.2, 0) is 11.3 Å². The molecule has 1 unspecified atom stereocenters. The standard InChI is InChI=1S/C17H19ClN4O2/c18-15-6-2-1-4-12(15)8-19-16(23)13-9-20-17(21-10-13)22-11-14-5-3-7-24-14/h1-2,4,6,9-10,14H,3,5,7-8,11H2,(H,19,23)(H,20,21,22). The van der Waals surface area contributed by atoms with Gasteiger partial charge in [-0.15, -0.1) is 0 Å². The van der Waals surface area contributed by atoms with Crippen LogP contribution in [0.2, 0.25) is 5.02 Å². The summed E-state index contributed by atoms with van der Waals surface area (Å²) in [5.74, 6) is 0.258. The second kappa shape index (κ2) is 8.08. The van der Waals surface area contributed by atoms with E-state index in [9.17, 15) is 4.79 Å². The summed E-state index contributed by atoms with van der Waals surface area (Å²) in [4.78, 5) is 20.5. The first-order valence-electron chi connectivity index (χ1n) is 7.91. The van der Waals surface area contributed by atoms with Crippen LogP contribution >= 0.6 is 11.6 Å². The number of anilines is 1. The number of aromatic nitrogens is 2. The van der Waals surface area contributed by atoms with E-state index in [1.54, 1.807) is 6.07 Å². The van der Waals surface area contributed by atoms with Crippen LogP contribution in [0.1, 0.15) is 28.8 Å². The Hall–Kier alpha value is -2.18. The zero-order valence-electron chi connectivity index (χ0n) is 13.2. The highest BCUT2D eigenvalue weighted by molar-refractivity contribution is 6.31. The minimum Gasteiger partial charge on any atom is -0.376 e. The normalized spacial score (nSPS) is 16.8. The molecule has 1 fully saturated rings. The zero-order valence-corrected chi connectivity index (χ0v) is 13.9. The minimum atomic E-state index is -0.236. The Labute approximate surface area is 145 Å². The molecule has 1 aromatic heterocycles. The fourth-order valence-corrected chi connectivity index (χ4v) is 2.67. The predicted octanol–water partition coefficient (Wildman–Crippen LogP) is 2.65. The molecule has 0 aliphatic carbocycles. The molecule has 1 aliphatic rings. The second-order valence-corrected chi connectivity index (χ2v) is 5.99. The van der Waals surface area contributed by atoms with Gasteiger partial charge in [0.05, 0.1) is 11.7 Å². The van der Waals surface area contributed by atoms with Gasteiger partial charge in [0.25, 0.3) is 5.91 Å². The maximum absolute atomic E-state index is 12.1. The van der Waals surface area contributed by atoms with Gasteiger partial charge in [-0.2, -0.15) is 0 Å². The van der Waals surface area contributed by atoms with Crippen molar-refractivity contribution in [3.05, 3.63) is 52.8 Å². The lowest BCUT2D eigenvalue weighted by atomic mass is 10.2. The van der Waals surface area contributed by atoms with E-state index in [0.29, 0.717) is 29.6 Å². The van der Waals surface area contributed by atoms with Crippen molar-refractivity contribution in [1.29, 1.82) is 0 Å². The van der Waals surface area contributed by atoms with Crippen molar-refractivity contribution in [1.82, 2.24) is 15.3 Å². The maximum Gasteiger partial charge on any atom is 0.254 e. The fraction of sp³-hybridized carbons (Fsp3) is 0.353. The molecule has 1 atom stereocenters. The summed E-state index contributed by atoms with van der Waals surface area (Å²) in [5.41, 5.74) is 1.27. The Morgan fingerprint density at radius 2 is 2.08 bits per heavy atom. The molecule has 2 N–H and O–H groups in total. The third-order valence-electron chi connectivity index (χ3n) is 3.82. The number of hydrogen-bond acceptors (Lipinski definition) is 5. The molecule has 126 valence electrons. The van der Waals surface area contributed by atoms with Crippen LogP contribution in [0.15, 0.2) is 36.7 Å². The molecule has 24 heavy (non-hydrogen) atoms. The van der Waals surface area contributed by atoms with E-state index in [0.717, 1.165) is 25.0 Å². The Kier molecular flexibility index (Phi) is 5.61. The smallest absolute Gasteiger partial charge is 0.254 e. The molecule has 2 heterocycles. The van der Waals surface area contributed by atoms with Gasteiger partial charge in [-0.3, -0.25) is 4.79 Å². The Morgan fingerprint density at radius 1 is 1.29 bits per heavy atom. The summed E-state index contributed by atoms with van der Waals surface area (Å²) >= 11 is 6.07. The SMILES string of the molecule is O=C(NCc1ccccc1Cl)c1cnc(NCC2CCCO2)nc1. The molecule has 0 radical (unpaired) electrons. The largest absolute Gasteiger partial charge is 0.376 e. The van der Waals surface area contributed by atoms with Gasteiger partial charge in [0.2, 0.25) is 5.95 Å². The highest BCUT2D eigenvalue weighted by Crippen LogP contribution is 2.15. The number of carbonyl (C=O) groups is 1. The molecule has 1 amide bonds. The summed E-state index contributed by atoms with van der Waals surface area (Å²) in [6.07, 6.45) is 5.37. The van der Waals surface area contributed by atoms with Crippen LogP contribution < -0.4 is 10.6 Å². The Bertz CT molecular complexity index is 687. The summed E-state index contributed by atoms with van der Waals surface area (Å²) < 4.78 is 5.53. The predicted molar refractivity (Wildman–Crippen MR) is 92.1 cm³/mol. The molecule has 7 heteroatoms. The Morgan fingerprint density at radius 3 is 2.79 bits per heavy atom. The quantitative estimate of drug-likeness (QED) is 0.841. The maximum atomic E-state index is 12.1. The molecule has 0 saturated carbocycles. The topological polar surface area (TPSA) is 76.1 Å². The Balaban J connectivity index is 1.50. The molecule has 0 bridgehead atoms. The van der Waals surface area contributed by atoms with Crippen LogP contribution in [0.4, 0.5) is 5.95 Å². The molecule has 1 aromatic carbocycles. The fourth-order valence-electron chi connectivity index (χ4n) is 2.47. The molecule has 2 aromatic rings. The highest BCUT2D eigenvalue weighted by atomic mass is 35.5. The average Bonchev–Trinajstić information content (AvgIpc) is 3.13. The van der Waals surface area contributed by atoms with E-state index in [1.165, 1.54) is 12.4 Å². The first-order valence-corrected chi connectivity index (χ1v) is 8.29. The number of nitrogens with zero attached hydrogens (tertiary/aromatic N) is 2. The van der Waals surface area contributed by atoms with Gasteiger partial charge in [-0.05, 0) is 24.5 Å². The second-order valence-electron chi connectivity index (χ2n) is 5.59. The monoisotopic (exact) mass is 346 g/mol. The summed E-state index contributed by atoms with van der Waals surface area (Å²) in [7, 11) is 0. The van der Waals surface area contributed by atoms with Gasteiger partial charge in [-0.25, -0.2) is 9.97 Å². The number of hydrogen-bond donors (Lipinski definition) is 2. The zero-order chi connectivity index (χ0) is 16.8. The van der Waals surface area contributed by atoms with Gasteiger partial charge >= 0.3 is 0 Å². The lowest BCUT2D eigenvalue weighted by molar-refractivity contribution is 0.0950. The van der Waals surface area contributed by atoms with Crippen molar-refractivity contribution in [3.63, 3.8) is 0 Å². The molecular formula is C17H19ClN4O2. The van der Waals surface area contributed by atoms with E-state index < -0.39 is 0 Å². The van der Waals surface area contributed by atoms with Crippen molar-refractivity contribution >= 4 is 23.5 Å². The molecular weight excluding hydrogens is 328 g/mol. The number of amides is 1. The summed E-state index contributed by atoms with van der Waals surface area (Å²) in [6, 6.07) is 7.40. The lowest BCUT2D eigenvalue weighted by Crippen LogP contribution is -2.24. The minimum absolute atomic E-state index is 0.215. The van der Waals surface area contributed by atoms with Crippen molar-refractivity contribution in [3.8, 4) is 0 Å². The van der Waals surface area contributed by atoms with Crippen LogP contribution in [-0.4, -0.2) is 35.1 Å². The van der Waals surface area contributed by atoms with Crippen LogP contribution in [0.5, 0.6) is 0 Å². The number of halogens is 1. The van der Waals surface area contributed by atoms with Gasteiger partial charge in [0.15, 0.2) is 0 Å². The first kappa shape index (κ1) is 16.7. The number of nitrogens with one attached hydrogen (secondary N) is 2. The van der Waals surface area contributed by atoms with Crippen LogP contribution in [0.3, 0.4) is 0 Å². The molecule has 3 rings (SSSR count). The molecule has 0 spiro atoms. The van der Waals surface area contributed by atoms with Crippen LogP contribution in [0, 0.1) is 0 Å². The molecule has 1 saturated heterocycles. The van der Waals surface area contributed by atoms with Crippen molar-refractivity contribution in [2.24, 2.45) is 0 Å². The van der Waals surface area contributed by atoms with E-state index in [4.69, 9.17) is 16.3 Å². The third-order valence-corrected chi connectivity index (χ3v) is 4.19. The van der Waals surface area contributed by atoms with Gasteiger partial charge in [0.1, 0.15) is 0 Å². The molecule has 1 aliphatic heterocycles. The van der Waals surface area contributed by atoms with Gasteiger partial charge < -0.3 is 15.4 Å². The van der Waals surface area contributed by atoms with E-state index >= 15 is 0 Å². The summed E-state index contributed by atoms with van der Waals surface area (Å²) in [6.45, 7) is 1.85. The number of carbonyl (C=O) groups excluding carboxylic acids is 1. The number of ether oxygens (including phenoxy) is 1. The highest BCUT2D eigenvalue weighted by Gasteiger charge is 2.15. The van der Waals surface area contributed by atoms with E-state index in [2.05, 4.69) is 20.6 Å². The first-order chi connectivity index (χ1) is 11.7. The van der Waals surface area contributed by atoms with Crippen LogP contribution in [0.25, 0.3) is 0 Å². The van der Waals surface area contributed by atoms with Crippen molar-refractivity contribution in [2.75, 3.05) is 18.5 Å². The molecule has 6 nitrogen and oxygen atoms in total. The van der Waals surface area contributed by atoms with Gasteiger partial charge in [0, 0.05) is 37.1 Å². The van der Waals surface area contributed by atoms with E-state index in [1.807, 2.05) is 18.2 Å².